The van der Waals surface area contributed by atoms with Gasteiger partial charge in [0.05, 0.1) is 22.4 Å². The third-order valence-corrected chi connectivity index (χ3v) is 14.1. The van der Waals surface area contributed by atoms with Crippen molar-refractivity contribution in [1.82, 2.24) is 19.5 Å². The van der Waals surface area contributed by atoms with E-state index in [2.05, 4.69) is 102 Å². The number of nitrogens with zero attached hydrogens (tertiary/aromatic N) is 4. The molecule has 0 spiro atoms. The molecule has 7 heteroatoms. The van der Waals surface area contributed by atoms with E-state index >= 15 is 0 Å². The van der Waals surface area contributed by atoms with Crippen LogP contribution in [0.1, 0.15) is 87.1 Å². The van der Waals surface area contributed by atoms with Gasteiger partial charge in [-0.1, -0.05) is 69.0 Å². The number of pyridine rings is 2. The zero-order chi connectivity index (χ0) is 41.7. The topological polar surface area (TPSA) is 56.7 Å². The van der Waals surface area contributed by atoms with Crippen molar-refractivity contribution in [2.24, 2.45) is 0 Å². The minimum absolute atomic E-state index is 0. The monoisotopic (exact) mass is 969 g/mol. The van der Waals surface area contributed by atoms with Crippen molar-refractivity contribution < 1.29 is 30.0 Å². The molecule has 0 aliphatic heterocycles. The summed E-state index contributed by atoms with van der Waals surface area (Å²) >= 11 is -2.03. The first kappa shape index (κ1) is 35.1. The molecule has 283 valence electrons. The normalized spacial score (nSPS) is 13.3. The van der Waals surface area contributed by atoms with Crippen LogP contribution in [-0.4, -0.2) is 32.8 Å². The van der Waals surface area contributed by atoms with Gasteiger partial charge in [-0.05, 0) is 54.1 Å². The third-order valence-electron chi connectivity index (χ3n) is 9.88. The van der Waals surface area contributed by atoms with Crippen LogP contribution in [-0.2, 0) is 20.1 Å². The second-order valence-corrected chi connectivity index (χ2v) is 26.3. The maximum Gasteiger partial charge on any atom is 0.216 e. The fourth-order valence-electron chi connectivity index (χ4n) is 7.14. The maximum atomic E-state index is 8.44. The molecule has 0 bridgehead atoms. The van der Waals surface area contributed by atoms with Gasteiger partial charge in [0.15, 0.2) is 0 Å². The number of fused-ring (bicyclic) bond motifs is 4. The summed E-state index contributed by atoms with van der Waals surface area (Å²) < 4.78 is 41.6. The Balaban J connectivity index is 0.000000236. The summed E-state index contributed by atoms with van der Waals surface area (Å²) in [6, 6.07) is 38.3. The van der Waals surface area contributed by atoms with Gasteiger partial charge < -0.3 is 8.98 Å². The molecule has 8 aromatic rings. The Kier molecular flexibility index (Phi) is 10.5. The van der Waals surface area contributed by atoms with E-state index in [0.29, 0.717) is 28.7 Å². The Labute approximate surface area is 348 Å². The van der Waals surface area contributed by atoms with Crippen LogP contribution in [0.2, 0.25) is 17.3 Å². The molecule has 0 N–H and O–H groups in total. The van der Waals surface area contributed by atoms with Gasteiger partial charge in [0.2, 0.25) is 5.71 Å². The van der Waals surface area contributed by atoms with Gasteiger partial charge in [-0.15, -0.1) is 18.2 Å². The van der Waals surface area contributed by atoms with Gasteiger partial charge in [-0.2, -0.15) is 0 Å². The van der Waals surface area contributed by atoms with Crippen LogP contribution >= 0.6 is 0 Å². The molecular weight excluding hydrogens is 913 g/mol. The molecule has 55 heavy (non-hydrogen) atoms. The molecule has 0 aliphatic rings. The number of imidazole rings is 1. The van der Waals surface area contributed by atoms with Crippen LogP contribution in [0.3, 0.4) is 0 Å². The van der Waals surface area contributed by atoms with Crippen LogP contribution in [0.4, 0.5) is 0 Å². The quantitative estimate of drug-likeness (QED) is 0.118. The minimum atomic E-state index is -2.32. The van der Waals surface area contributed by atoms with E-state index in [9.17, 15) is 0 Å². The average Bonchev–Trinajstić information content (AvgIpc) is 3.75. The summed E-state index contributed by atoms with van der Waals surface area (Å²) in [7, 11) is 0. The number of hydrogen-bond donors (Lipinski definition) is 0. The van der Waals surface area contributed by atoms with Crippen molar-refractivity contribution in [3.8, 4) is 28.3 Å². The van der Waals surface area contributed by atoms with Gasteiger partial charge >= 0.3 is 120 Å². The zero-order valence-electron chi connectivity index (χ0n) is 37.0. The Morgan fingerprint density at radius 3 is 2.15 bits per heavy atom. The van der Waals surface area contributed by atoms with E-state index in [-0.39, 0.29) is 25.8 Å². The van der Waals surface area contributed by atoms with Crippen LogP contribution in [0.5, 0.6) is 0 Å². The van der Waals surface area contributed by atoms with Crippen molar-refractivity contribution in [3.05, 3.63) is 138 Å². The largest absolute Gasteiger partial charge is 0.486 e. The molecule has 0 fully saturated rings. The second kappa shape index (κ2) is 16.4. The van der Waals surface area contributed by atoms with Crippen molar-refractivity contribution in [3.63, 3.8) is 0 Å². The zero-order valence-corrected chi connectivity index (χ0v) is 37.5. The number of furan rings is 1. The van der Waals surface area contributed by atoms with Crippen LogP contribution in [0, 0.1) is 19.0 Å². The molecule has 0 saturated heterocycles. The van der Waals surface area contributed by atoms with Gasteiger partial charge in [0.25, 0.3) is 0 Å². The standard InChI is InChI=1S/C31H28N3O.C17H22GeN.Ir/c1-18(2)21-10-8-11-22(19(3)4)28(21)34-27-15-7-6-14-26(27)33-30(34)25-13-9-12-23-24-17-16-20(5)32-31(24)35-29(23)25;1-13(2)15-11-17(14-9-7-6-8-10-14)19-12-16(15)18(3,4)5;/h6-12,14-19H,1-5H3;6-9,11-13H,1-5H3;/q2*-1;/i5D3;13D;. The molecule has 0 saturated carbocycles. The summed E-state index contributed by atoms with van der Waals surface area (Å²) in [5.41, 5.74) is 10.1. The Morgan fingerprint density at radius 1 is 0.764 bits per heavy atom. The molecule has 5 nitrogen and oxygen atoms in total. The molecule has 1 radical (unpaired) electrons. The predicted octanol–water partition coefficient (Wildman–Crippen LogP) is 12.6. The molecule has 0 atom stereocenters. The summed E-state index contributed by atoms with van der Waals surface area (Å²) in [5, 5.41) is 1.61. The number of rotatable bonds is 7. The fourth-order valence-corrected chi connectivity index (χ4v) is 10.5. The molecule has 0 aliphatic carbocycles. The van der Waals surface area contributed by atoms with E-state index in [1.807, 2.05) is 74.6 Å². The molecular formula is C48H50GeIrN4O-2. The molecule has 0 amide bonds. The SMILES string of the molecule is [2H]C(C)(C)c1cc(-c2[c-]cccc2)nc[c]1[Ge]([CH3])([CH3])[CH3].[2H]C([2H])([2H])c1ccc2c(n1)oc1c(-c3nc4ccccc4n3-c3c(C(C)C)cccc3C(C)C)[c-]ccc12.[Ir]. The first-order chi connectivity index (χ1) is 27.3. The minimum Gasteiger partial charge on any atom is -0.486 e. The second-order valence-electron chi connectivity index (χ2n) is 15.7. The predicted molar refractivity (Wildman–Crippen MR) is 229 cm³/mol. The van der Waals surface area contributed by atoms with Crippen molar-refractivity contribution in [2.45, 2.75) is 83.4 Å². The van der Waals surface area contributed by atoms with E-state index in [1.54, 1.807) is 12.1 Å². The number of aromatic nitrogens is 4. The van der Waals surface area contributed by atoms with Gasteiger partial charge in [0.1, 0.15) is 0 Å². The average molecular weight is 968 g/mol. The molecule has 8 rings (SSSR count). The van der Waals surface area contributed by atoms with E-state index < -0.39 is 26.0 Å². The summed E-state index contributed by atoms with van der Waals surface area (Å²) in [5.74, 6) is 7.77. The van der Waals surface area contributed by atoms with E-state index in [1.165, 1.54) is 15.5 Å². The number of aryl methyl sites for hydroxylation is 1. The first-order valence-electron chi connectivity index (χ1n) is 20.7. The first-order valence-corrected chi connectivity index (χ1v) is 26.0. The third kappa shape index (κ3) is 8.00. The fraction of sp³-hybridized carbons (Fsp3) is 0.271. The van der Waals surface area contributed by atoms with Crippen molar-refractivity contribution in [1.29, 1.82) is 0 Å². The van der Waals surface area contributed by atoms with Crippen molar-refractivity contribution in [2.75, 3.05) is 0 Å². The van der Waals surface area contributed by atoms with Crippen molar-refractivity contribution >= 4 is 50.8 Å². The van der Waals surface area contributed by atoms with Crippen LogP contribution in [0.15, 0.2) is 108 Å². The number of hydrogen-bond acceptors (Lipinski definition) is 4. The molecule has 0 unspecified atom stereocenters. The maximum absolute atomic E-state index is 8.44. The summed E-state index contributed by atoms with van der Waals surface area (Å²) in [4.78, 5) is 14.1. The summed E-state index contributed by atoms with van der Waals surface area (Å²) in [6.45, 7) is 10.4. The molecule has 4 aromatic heterocycles. The van der Waals surface area contributed by atoms with Gasteiger partial charge in [-0.25, -0.2) is 4.98 Å². The van der Waals surface area contributed by atoms with Gasteiger partial charge in [-0.3, -0.25) is 4.98 Å². The summed E-state index contributed by atoms with van der Waals surface area (Å²) in [6.07, 6.45) is 2.00. The number of para-hydroxylation sites is 3. The van der Waals surface area contributed by atoms with E-state index in [4.69, 9.17) is 14.9 Å². The van der Waals surface area contributed by atoms with Crippen LogP contribution in [0.25, 0.3) is 61.4 Å². The molecule has 4 aromatic carbocycles. The Morgan fingerprint density at radius 2 is 1.49 bits per heavy atom. The smallest absolute Gasteiger partial charge is 0.216 e. The number of benzene rings is 4. The van der Waals surface area contributed by atoms with Gasteiger partial charge in [0, 0.05) is 41.0 Å². The molecule has 4 heterocycles. The van der Waals surface area contributed by atoms with Crippen LogP contribution < -0.4 is 4.40 Å². The Hall–Kier alpha value is -4.36. The van der Waals surface area contributed by atoms with E-state index in [0.717, 1.165) is 50.1 Å². The Bertz CT molecular complexity index is 2740.